The van der Waals surface area contributed by atoms with Crippen LogP contribution in [0.5, 0.6) is 0 Å². The summed E-state index contributed by atoms with van der Waals surface area (Å²) in [4.78, 5) is 17.6. The summed E-state index contributed by atoms with van der Waals surface area (Å²) in [6.07, 6.45) is -4.59. The number of carbonyl (C=O) groups excluding carboxylic acids is 1. The first-order valence-corrected chi connectivity index (χ1v) is 16.6. The van der Waals surface area contributed by atoms with Crippen molar-refractivity contribution < 1.29 is 23.1 Å². The van der Waals surface area contributed by atoms with Gasteiger partial charge in [-0.25, -0.2) is 0 Å². The van der Waals surface area contributed by atoms with Gasteiger partial charge in [0.25, 0.3) is 0 Å². The van der Waals surface area contributed by atoms with Gasteiger partial charge in [-0.2, -0.15) is 0 Å². The average molecular weight is 410 g/mol. The first-order chi connectivity index (χ1) is 9.66. The number of hydrogen-bond acceptors (Lipinski definition) is 2. The van der Waals surface area contributed by atoms with Crippen LogP contribution in [0.15, 0.2) is 24.3 Å². The molecule has 0 saturated heterocycles. The van der Waals surface area contributed by atoms with Crippen molar-refractivity contribution in [1.82, 2.24) is 5.32 Å². The average Bonchev–Trinajstić information content (AvgIpc) is 2.42. The van der Waals surface area contributed by atoms with Crippen molar-refractivity contribution in [3.05, 3.63) is 29.8 Å². The predicted molar refractivity (Wildman–Crippen MR) is 78.3 cm³/mol. The summed E-state index contributed by atoms with van der Waals surface area (Å²) in [5.41, 5.74) is 0.395. The molecule has 0 fully saturated rings. The molecule has 2 atom stereocenters. The van der Waals surface area contributed by atoms with E-state index in [0.717, 1.165) is 0 Å². The topological polar surface area (TPSA) is 49.3 Å². The fourth-order valence-electron chi connectivity index (χ4n) is 1.86. The van der Waals surface area contributed by atoms with Crippen LogP contribution in [0.4, 0.5) is 13.2 Å². The van der Waals surface area contributed by atoms with Crippen LogP contribution < -0.4 is 8.90 Å². The predicted octanol–water partition coefficient (Wildman–Crippen LogP) is 1.98. The van der Waals surface area contributed by atoms with Crippen molar-refractivity contribution >= 4 is 27.9 Å². The maximum atomic E-state index is 12.9. The third-order valence-electron chi connectivity index (χ3n) is 3.19. The van der Waals surface area contributed by atoms with Gasteiger partial charge in [0.1, 0.15) is 0 Å². The van der Waals surface area contributed by atoms with Crippen molar-refractivity contribution in [3.63, 3.8) is 0 Å². The number of amides is 1. The molecule has 21 heavy (non-hydrogen) atoms. The van der Waals surface area contributed by atoms with Gasteiger partial charge in [0.15, 0.2) is 0 Å². The number of carbonyl (C=O) groups is 1. The molecule has 7 heteroatoms. The number of halogens is 3. The zero-order valence-electron chi connectivity index (χ0n) is 12.2. The number of aliphatic hydroxyl groups is 1. The second-order valence-electron chi connectivity index (χ2n) is 5.89. The number of hydrogen-bond donors (Lipinski definition) is 2. The SMILES string of the molecule is [CH3][Sn]([CH3])([CH3])[c]1ccc([C@H](O)[C@@H](CF)NC(=O)C(F)F)cc1. The van der Waals surface area contributed by atoms with E-state index in [0.29, 0.717) is 5.56 Å². The van der Waals surface area contributed by atoms with Crippen LogP contribution in [0.3, 0.4) is 0 Å². The molecule has 0 spiro atoms. The Balaban J connectivity index is 2.85. The minimum atomic E-state index is -3.23. The fourth-order valence-corrected chi connectivity index (χ4v) is 5.19. The summed E-state index contributed by atoms with van der Waals surface area (Å²) in [5, 5.41) is 11.8. The van der Waals surface area contributed by atoms with Gasteiger partial charge in [-0.15, -0.1) is 0 Å². The molecule has 1 aromatic carbocycles. The molecule has 2 N–H and O–H groups in total. The molecule has 0 aliphatic heterocycles. The molecule has 118 valence electrons. The standard InChI is InChI=1S/C11H11F3NO2.3CH3.Sn/c12-6-8(15-11(17)10(13)14)9(16)7-4-2-1-3-5-7;;;;/h2-5,8-10,16H,6H2,(H,15,17);3*1H3;/t8-,9+;;;;/m1..../s1. The van der Waals surface area contributed by atoms with Crippen LogP contribution in [0.25, 0.3) is 0 Å². The molecular formula is C14H20F3NO2Sn. The van der Waals surface area contributed by atoms with E-state index in [4.69, 9.17) is 0 Å². The Morgan fingerprint density at radius 1 is 1.24 bits per heavy atom. The Hall–Kier alpha value is -0.761. The molecule has 0 aliphatic rings. The van der Waals surface area contributed by atoms with E-state index in [1.807, 2.05) is 17.4 Å². The fraction of sp³-hybridized carbons (Fsp3) is 0.500. The van der Waals surface area contributed by atoms with Crippen LogP contribution >= 0.6 is 0 Å². The van der Waals surface area contributed by atoms with Crippen molar-refractivity contribution in [2.75, 3.05) is 6.67 Å². The summed E-state index contributed by atoms with van der Waals surface area (Å²) in [6.45, 7) is -1.13. The molecule has 0 aromatic heterocycles. The Kier molecular flexibility index (Phi) is 6.52. The van der Waals surface area contributed by atoms with Crippen molar-refractivity contribution in [2.45, 2.75) is 33.4 Å². The van der Waals surface area contributed by atoms with Crippen LogP contribution in [0.2, 0.25) is 14.8 Å². The van der Waals surface area contributed by atoms with E-state index in [9.17, 15) is 23.1 Å². The Morgan fingerprint density at radius 2 is 1.76 bits per heavy atom. The van der Waals surface area contributed by atoms with E-state index in [2.05, 4.69) is 14.8 Å². The molecule has 3 nitrogen and oxygen atoms in total. The van der Waals surface area contributed by atoms with Crippen LogP contribution in [-0.2, 0) is 4.79 Å². The molecule has 1 amide bonds. The summed E-state index contributed by atoms with van der Waals surface area (Å²) in [7, 11) is 0. The quantitative estimate of drug-likeness (QED) is 0.706. The maximum absolute atomic E-state index is 12.9. The van der Waals surface area contributed by atoms with Crippen LogP contribution in [0.1, 0.15) is 11.7 Å². The summed E-state index contributed by atoms with van der Waals surface area (Å²) < 4.78 is 38.4. The molecule has 0 heterocycles. The van der Waals surface area contributed by atoms with Crippen molar-refractivity contribution in [2.24, 2.45) is 0 Å². The van der Waals surface area contributed by atoms with Gasteiger partial charge in [-0.3, -0.25) is 0 Å². The molecule has 0 radical (unpaired) electrons. The van der Waals surface area contributed by atoms with E-state index in [1.54, 1.807) is 12.1 Å². The number of nitrogens with one attached hydrogen (secondary N) is 1. The van der Waals surface area contributed by atoms with Gasteiger partial charge in [0.2, 0.25) is 0 Å². The van der Waals surface area contributed by atoms with E-state index in [1.165, 1.54) is 3.58 Å². The van der Waals surface area contributed by atoms with E-state index < -0.39 is 49.5 Å². The molecular weight excluding hydrogens is 390 g/mol. The number of aliphatic hydroxyl groups excluding tert-OH is 1. The van der Waals surface area contributed by atoms with Gasteiger partial charge in [0.05, 0.1) is 0 Å². The number of benzene rings is 1. The Morgan fingerprint density at radius 3 is 2.14 bits per heavy atom. The van der Waals surface area contributed by atoms with Gasteiger partial charge in [0, 0.05) is 0 Å². The summed E-state index contributed by atoms with van der Waals surface area (Å²) >= 11 is -2.22. The normalized spacial score (nSPS) is 14.9. The Bertz CT molecular complexity index is 474. The Labute approximate surface area is 126 Å². The second-order valence-corrected chi connectivity index (χ2v) is 20.4. The van der Waals surface area contributed by atoms with E-state index in [-0.39, 0.29) is 0 Å². The minimum absolute atomic E-state index is 0.395. The molecule has 1 aromatic rings. The van der Waals surface area contributed by atoms with Gasteiger partial charge in [-0.1, -0.05) is 0 Å². The van der Waals surface area contributed by atoms with E-state index >= 15 is 0 Å². The number of rotatable bonds is 6. The molecule has 0 unspecified atom stereocenters. The van der Waals surface area contributed by atoms with Gasteiger partial charge < -0.3 is 0 Å². The van der Waals surface area contributed by atoms with Crippen molar-refractivity contribution in [3.8, 4) is 0 Å². The molecule has 0 saturated carbocycles. The van der Waals surface area contributed by atoms with Crippen molar-refractivity contribution in [1.29, 1.82) is 0 Å². The number of alkyl halides is 3. The third kappa shape index (κ3) is 5.17. The summed E-state index contributed by atoms with van der Waals surface area (Å²) in [5.74, 6) is -1.58. The van der Waals surface area contributed by atoms with Crippen LogP contribution in [0, 0.1) is 0 Å². The molecule has 0 aliphatic carbocycles. The first kappa shape index (κ1) is 18.3. The summed E-state index contributed by atoms with van der Waals surface area (Å²) in [6, 6.07) is 5.67. The van der Waals surface area contributed by atoms with Gasteiger partial charge >= 0.3 is 126 Å². The molecule has 1 rings (SSSR count). The van der Waals surface area contributed by atoms with Gasteiger partial charge in [-0.05, 0) is 0 Å². The zero-order valence-corrected chi connectivity index (χ0v) is 15.1. The first-order valence-electron chi connectivity index (χ1n) is 6.59. The zero-order chi connectivity index (χ0) is 16.2. The molecule has 0 bridgehead atoms. The monoisotopic (exact) mass is 411 g/mol. The third-order valence-corrected chi connectivity index (χ3v) is 9.09. The van der Waals surface area contributed by atoms with Crippen LogP contribution in [-0.4, -0.2) is 48.5 Å². The second kappa shape index (κ2) is 7.49.